The zero-order valence-corrected chi connectivity index (χ0v) is 13.4. The second-order valence-electron chi connectivity index (χ2n) is 5.39. The van der Waals surface area contributed by atoms with Crippen molar-refractivity contribution < 1.29 is 4.79 Å². The van der Waals surface area contributed by atoms with Gasteiger partial charge in [0.05, 0.1) is 17.4 Å². The summed E-state index contributed by atoms with van der Waals surface area (Å²) in [5.41, 5.74) is 1.79. The van der Waals surface area contributed by atoms with Crippen LogP contribution >= 0.6 is 0 Å². The van der Waals surface area contributed by atoms with Gasteiger partial charge in [-0.3, -0.25) is 9.48 Å². The van der Waals surface area contributed by atoms with Gasteiger partial charge in [-0.1, -0.05) is 38.2 Å². The molecule has 0 saturated heterocycles. The van der Waals surface area contributed by atoms with Gasteiger partial charge in [-0.15, -0.1) is 5.92 Å². The van der Waals surface area contributed by atoms with Gasteiger partial charge in [0.25, 0.3) is 0 Å². The molecule has 4 heteroatoms. The molecule has 2 rings (SSSR count). The van der Waals surface area contributed by atoms with E-state index < -0.39 is 0 Å². The molecule has 1 aromatic carbocycles. The lowest BCUT2D eigenvalue weighted by Gasteiger charge is -2.03. The van der Waals surface area contributed by atoms with E-state index in [0.717, 1.165) is 23.0 Å². The molecule has 0 unspecified atom stereocenters. The van der Waals surface area contributed by atoms with Crippen molar-refractivity contribution in [3.63, 3.8) is 0 Å². The fourth-order valence-electron chi connectivity index (χ4n) is 2.39. The number of unbranched alkanes of at least 4 members (excludes halogenated alkanes) is 4. The Balaban J connectivity index is 2.01. The molecule has 116 valence electrons. The first-order valence-electron chi connectivity index (χ1n) is 7.90. The SMILES string of the molecule is CCCCCCC#CCn1ncc2c(NC(C)=O)cccc21. The monoisotopic (exact) mass is 297 g/mol. The van der Waals surface area contributed by atoms with E-state index in [1.165, 1.54) is 32.6 Å². The van der Waals surface area contributed by atoms with Crippen molar-refractivity contribution in [2.45, 2.75) is 52.5 Å². The predicted molar refractivity (Wildman–Crippen MR) is 90.6 cm³/mol. The third-order valence-electron chi connectivity index (χ3n) is 3.51. The lowest BCUT2D eigenvalue weighted by atomic mass is 10.2. The Morgan fingerprint density at radius 2 is 2.14 bits per heavy atom. The second-order valence-corrected chi connectivity index (χ2v) is 5.39. The summed E-state index contributed by atoms with van der Waals surface area (Å²) in [6, 6.07) is 5.80. The number of amides is 1. The van der Waals surface area contributed by atoms with Gasteiger partial charge in [0.15, 0.2) is 0 Å². The molecule has 0 aliphatic rings. The molecule has 0 atom stereocenters. The van der Waals surface area contributed by atoms with E-state index in [1.807, 2.05) is 22.9 Å². The number of rotatable bonds is 6. The Morgan fingerprint density at radius 1 is 1.27 bits per heavy atom. The van der Waals surface area contributed by atoms with Crippen LogP contribution in [0, 0.1) is 11.8 Å². The zero-order valence-electron chi connectivity index (χ0n) is 13.4. The van der Waals surface area contributed by atoms with E-state index in [-0.39, 0.29) is 5.91 Å². The number of hydrogen-bond acceptors (Lipinski definition) is 2. The average molecular weight is 297 g/mol. The largest absolute Gasteiger partial charge is 0.326 e. The molecule has 1 heterocycles. The first-order chi connectivity index (χ1) is 10.7. The number of anilines is 1. The van der Waals surface area contributed by atoms with Crippen LogP contribution in [-0.4, -0.2) is 15.7 Å². The van der Waals surface area contributed by atoms with Crippen LogP contribution < -0.4 is 5.32 Å². The second kappa shape index (κ2) is 8.23. The molecule has 22 heavy (non-hydrogen) atoms. The minimum atomic E-state index is -0.0767. The van der Waals surface area contributed by atoms with Gasteiger partial charge in [0, 0.05) is 18.7 Å². The quantitative estimate of drug-likeness (QED) is 0.648. The predicted octanol–water partition coefficient (Wildman–Crippen LogP) is 3.97. The third-order valence-corrected chi connectivity index (χ3v) is 3.51. The summed E-state index contributed by atoms with van der Waals surface area (Å²) >= 11 is 0. The van der Waals surface area contributed by atoms with Gasteiger partial charge < -0.3 is 5.32 Å². The summed E-state index contributed by atoms with van der Waals surface area (Å²) in [4.78, 5) is 11.2. The van der Waals surface area contributed by atoms with E-state index in [1.54, 1.807) is 6.20 Å². The minimum absolute atomic E-state index is 0.0767. The van der Waals surface area contributed by atoms with Crippen LogP contribution in [0.4, 0.5) is 5.69 Å². The number of aromatic nitrogens is 2. The molecule has 2 aromatic rings. The highest BCUT2D eigenvalue weighted by Gasteiger charge is 2.06. The van der Waals surface area contributed by atoms with Crippen molar-refractivity contribution in [3.8, 4) is 11.8 Å². The molecular formula is C18H23N3O. The highest BCUT2D eigenvalue weighted by molar-refractivity contribution is 6.00. The number of fused-ring (bicyclic) bond motifs is 1. The lowest BCUT2D eigenvalue weighted by molar-refractivity contribution is -0.114. The smallest absolute Gasteiger partial charge is 0.221 e. The number of nitrogens with one attached hydrogen (secondary N) is 1. The number of hydrogen-bond donors (Lipinski definition) is 1. The summed E-state index contributed by atoms with van der Waals surface area (Å²) in [6.45, 7) is 4.30. The van der Waals surface area contributed by atoms with E-state index in [9.17, 15) is 4.79 Å². The molecule has 0 aliphatic carbocycles. The summed E-state index contributed by atoms with van der Waals surface area (Å²) in [6.07, 6.45) is 7.71. The lowest BCUT2D eigenvalue weighted by Crippen LogP contribution is -2.05. The molecule has 0 saturated carbocycles. The summed E-state index contributed by atoms with van der Waals surface area (Å²) in [7, 11) is 0. The Kier molecular flexibility index (Phi) is 6.02. The zero-order chi connectivity index (χ0) is 15.8. The topological polar surface area (TPSA) is 46.9 Å². The van der Waals surface area contributed by atoms with Crippen molar-refractivity contribution in [2.24, 2.45) is 0 Å². The van der Waals surface area contributed by atoms with Gasteiger partial charge in [0.1, 0.15) is 6.54 Å². The van der Waals surface area contributed by atoms with E-state index in [0.29, 0.717) is 6.54 Å². The van der Waals surface area contributed by atoms with Gasteiger partial charge in [-0.05, 0) is 18.6 Å². The first kappa shape index (κ1) is 16.1. The number of nitrogens with zero attached hydrogens (tertiary/aromatic N) is 2. The van der Waals surface area contributed by atoms with E-state index in [4.69, 9.17) is 0 Å². The Hall–Kier alpha value is -2.28. The minimum Gasteiger partial charge on any atom is -0.326 e. The number of carbonyl (C=O) groups is 1. The maximum atomic E-state index is 11.2. The fourth-order valence-corrected chi connectivity index (χ4v) is 2.39. The van der Waals surface area contributed by atoms with Crippen LogP contribution in [-0.2, 0) is 11.3 Å². The molecule has 4 nitrogen and oxygen atoms in total. The Morgan fingerprint density at radius 3 is 2.91 bits per heavy atom. The van der Waals surface area contributed by atoms with E-state index >= 15 is 0 Å². The molecule has 0 fully saturated rings. The number of carbonyl (C=O) groups excluding carboxylic acids is 1. The normalized spacial score (nSPS) is 10.3. The molecule has 1 amide bonds. The molecule has 0 bridgehead atoms. The van der Waals surface area contributed by atoms with Crippen LogP contribution in [0.3, 0.4) is 0 Å². The molecule has 1 aromatic heterocycles. The van der Waals surface area contributed by atoms with Gasteiger partial charge >= 0.3 is 0 Å². The molecule has 1 N–H and O–H groups in total. The van der Waals surface area contributed by atoms with Crippen molar-refractivity contribution >= 4 is 22.5 Å². The standard InChI is InChI=1S/C18H23N3O/c1-3-4-5-6-7-8-9-13-21-18-12-10-11-17(20-15(2)22)16(18)14-19-21/h10-12,14H,3-7,13H2,1-2H3,(H,20,22). The first-order valence-corrected chi connectivity index (χ1v) is 7.90. The maximum absolute atomic E-state index is 11.2. The van der Waals surface area contributed by atoms with Crippen molar-refractivity contribution in [2.75, 3.05) is 5.32 Å². The van der Waals surface area contributed by atoms with Crippen LogP contribution in [0.2, 0.25) is 0 Å². The molecular weight excluding hydrogens is 274 g/mol. The van der Waals surface area contributed by atoms with E-state index in [2.05, 4.69) is 29.2 Å². The highest BCUT2D eigenvalue weighted by Crippen LogP contribution is 2.22. The van der Waals surface area contributed by atoms with Gasteiger partial charge in [-0.2, -0.15) is 5.10 Å². The average Bonchev–Trinajstić information content (AvgIpc) is 2.90. The fraction of sp³-hybridized carbons (Fsp3) is 0.444. The third kappa shape index (κ3) is 4.36. The molecule has 0 radical (unpaired) electrons. The van der Waals surface area contributed by atoms with Crippen molar-refractivity contribution in [3.05, 3.63) is 24.4 Å². The summed E-state index contributed by atoms with van der Waals surface area (Å²) in [5.74, 6) is 6.32. The Labute approximate surface area is 131 Å². The number of benzene rings is 1. The van der Waals surface area contributed by atoms with Gasteiger partial charge in [0.2, 0.25) is 5.91 Å². The Bertz CT molecular complexity index is 691. The summed E-state index contributed by atoms with van der Waals surface area (Å²) in [5, 5.41) is 8.15. The van der Waals surface area contributed by atoms with Crippen molar-refractivity contribution in [1.29, 1.82) is 0 Å². The summed E-state index contributed by atoms with van der Waals surface area (Å²) < 4.78 is 1.87. The van der Waals surface area contributed by atoms with Crippen LogP contribution in [0.5, 0.6) is 0 Å². The molecule has 0 spiro atoms. The van der Waals surface area contributed by atoms with Crippen LogP contribution in [0.1, 0.15) is 46.0 Å². The van der Waals surface area contributed by atoms with Gasteiger partial charge in [-0.25, -0.2) is 0 Å². The maximum Gasteiger partial charge on any atom is 0.221 e. The molecule has 0 aliphatic heterocycles. The highest BCUT2D eigenvalue weighted by atomic mass is 16.1. The van der Waals surface area contributed by atoms with Crippen LogP contribution in [0.15, 0.2) is 24.4 Å². The van der Waals surface area contributed by atoms with Crippen LogP contribution in [0.25, 0.3) is 10.9 Å². The van der Waals surface area contributed by atoms with Crippen molar-refractivity contribution in [1.82, 2.24) is 9.78 Å².